The number of amides is 1. The third kappa shape index (κ3) is 2.64. The van der Waals surface area contributed by atoms with Crippen molar-refractivity contribution in [2.45, 2.75) is 0 Å². The lowest BCUT2D eigenvalue weighted by Gasteiger charge is -2.17. The van der Waals surface area contributed by atoms with Crippen molar-refractivity contribution in [1.29, 1.82) is 0 Å². The number of benzene rings is 3. The minimum atomic E-state index is -0.0119. The van der Waals surface area contributed by atoms with Crippen LogP contribution >= 0.6 is 0 Å². The number of nitrogens with zero attached hydrogens (tertiary/aromatic N) is 1. The van der Waals surface area contributed by atoms with Crippen LogP contribution in [-0.2, 0) is 4.79 Å². The van der Waals surface area contributed by atoms with Gasteiger partial charge in [-0.05, 0) is 42.0 Å². The molecule has 0 aliphatic carbocycles. The summed E-state index contributed by atoms with van der Waals surface area (Å²) in [5.41, 5.74) is 5.46. The number of hydrogen-bond donors (Lipinski definition) is 0. The van der Waals surface area contributed by atoms with Gasteiger partial charge < -0.3 is 4.74 Å². The number of fused-ring (bicyclic) bond motifs is 2. The van der Waals surface area contributed by atoms with Gasteiger partial charge in [0.25, 0.3) is 5.91 Å². The maximum Gasteiger partial charge on any atom is 0.263 e. The highest BCUT2D eigenvalue weighted by Crippen LogP contribution is 2.42. The second-order valence-corrected chi connectivity index (χ2v) is 6.60. The van der Waals surface area contributed by atoms with E-state index >= 15 is 0 Å². The molecule has 0 saturated heterocycles. The van der Waals surface area contributed by atoms with Gasteiger partial charge in [-0.2, -0.15) is 0 Å². The van der Waals surface area contributed by atoms with Crippen molar-refractivity contribution in [1.82, 2.24) is 0 Å². The molecule has 0 radical (unpaired) electrons. The molecule has 27 heavy (non-hydrogen) atoms. The molecule has 1 amide bonds. The molecule has 2 aliphatic rings. The molecule has 0 fully saturated rings. The molecule has 3 nitrogen and oxygen atoms in total. The van der Waals surface area contributed by atoms with Gasteiger partial charge >= 0.3 is 0 Å². The summed E-state index contributed by atoms with van der Waals surface area (Å²) in [7, 11) is 0. The number of carbonyl (C=O) groups is 1. The summed E-state index contributed by atoms with van der Waals surface area (Å²) in [5.74, 6) is 0.867. The van der Waals surface area contributed by atoms with Gasteiger partial charge in [-0.1, -0.05) is 54.6 Å². The largest absolute Gasteiger partial charge is 0.488 e. The normalized spacial score (nSPS) is 16.6. The zero-order valence-electron chi connectivity index (χ0n) is 14.6. The number of para-hydroxylation sites is 3. The van der Waals surface area contributed by atoms with E-state index < -0.39 is 0 Å². The fourth-order valence-corrected chi connectivity index (χ4v) is 3.62. The van der Waals surface area contributed by atoms with Crippen LogP contribution in [0.5, 0.6) is 5.75 Å². The Morgan fingerprint density at radius 2 is 1.59 bits per heavy atom. The highest BCUT2D eigenvalue weighted by Gasteiger charge is 2.33. The maximum absolute atomic E-state index is 13.3. The molecule has 0 saturated carbocycles. The molecular formula is C24H17NO2. The van der Waals surface area contributed by atoms with E-state index in [9.17, 15) is 4.79 Å². The average molecular weight is 351 g/mol. The monoisotopic (exact) mass is 351 g/mol. The van der Waals surface area contributed by atoms with Gasteiger partial charge in [0.1, 0.15) is 12.4 Å². The van der Waals surface area contributed by atoms with Crippen molar-refractivity contribution < 1.29 is 9.53 Å². The Morgan fingerprint density at radius 3 is 2.48 bits per heavy atom. The first-order valence-corrected chi connectivity index (χ1v) is 8.94. The summed E-state index contributed by atoms with van der Waals surface area (Å²) >= 11 is 0. The molecule has 0 N–H and O–H groups in total. The van der Waals surface area contributed by atoms with Crippen molar-refractivity contribution >= 4 is 28.9 Å². The molecule has 3 aromatic rings. The van der Waals surface area contributed by atoms with E-state index in [-0.39, 0.29) is 5.91 Å². The fourth-order valence-electron chi connectivity index (χ4n) is 3.62. The van der Waals surface area contributed by atoms with Crippen LogP contribution in [0.1, 0.15) is 11.1 Å². The van der Waals surface area contributed by atoms with Gasteiger partial charge in [-0.15, -0.1) is 0 Å². The van der Waals surface area contributed by atoms with Crippen molar-refractivity contribution in [2.75, 3.05) is 11.5 Å². The molecule has 3 heteroatoms. The van der Waals surface area contributed by atoms with Crippen LogP contribution < -0.4 is 9.64 Å². The maximum atomic E-state index is 13.3. The molecule has 0 bridgehead atoms. The summed E-state index contributed by atoms with van der Waals surface area (Å²) < 4.78 is 5.84. The van der Waals surface area contributed by atoms with Gasteiger partial charge in [0, 0.05) is 16.8 Å². The summed E-state index contributed by atoms with van der Waals surface area (Å²) in [5, 5.41) is 0. The van der Waals surface area contributed by atoms with Gasteiger partial charge in [0.15, 0.2) is 0 Å². The molecule has 3 aromatic carbocycles. The van der Waals surface area contributed by atoms with Crippen LogP contribution in [-0.4, -0.2) is 12.5 Å². The quantitative estimate of drug-likeness (QED) is 0.592. The van der Waals surface area contributed by atoms with Crippen LogP contribution in [0.3, 0.4) is 0 Å². The zero-order valence-corrected chi connectivity index (χ0v) is 14.6. The van der Waals surface area contributed by atoms with Crippen LogP contribution in [0.15, 0.2) is 90.5 Å². The Morgan fingerprint density at radius 1 is 0.852 bits per heavy atom. The standard InChI is InChI=1S/C24H17NO2/c26-24-21(15-17-14-18-8-4-7-13-23(18)27-16-17)20-11-5-6-12-22(20)25(24)19-9-2-1-3-10-19/h1-15H,16H2/b21-15+. The van der Waals surface area contributed by atoms with Crippen LogP contribution in [0.25, 0.3) is 11.6 Å². The summed E-state index contributed by atoms with van der Waals surface area (Å²) in [6, 6.07) is 25.6. The third-order valence-corrected chi connectivity index (χ3v) is 4.87. The Balaban J connectivity index is 1.61. The second-order valence-electron chi connectivity index (χ2n) is 6.60. The van der Waals surface area contributed by atoms with Crippen molar-refractivity contribution in [2.24, 2.45) is 0 Å². The smallest absolute Gasteiger partial charge is 0.263 e. The first-order chi connectivity index (χ1) is 13.3. The average Bonchev–Trinajstić information content (AvgIpc) is 3.00. The lowest BCUT2D eigenvalue weighted by atomic mass is 10.0. The van der Waals surface area contributed by atoms with Crippen molar-refractivity contribution in [3.63, 3.8) is 0 Å². The Bertz CT molecular complexity index is 1100. The minimum absolute atomic E-state index is 0.0119. The molecule has 0 aromatic heterocycles. The molecule has 2 heterocycles. The molecule has 0 unspecified atom stereocenters. The van der Waals surface area contributed by atoms with Crippen LogP contribution in [0.2, 0.25) is 0 Å². The van der Waals surface area contributed by atoms with E-state index in [1.807, 2.05) is 84.9 Å². The zero-order chi connectivity index (χ0) is 18.2. The van der Waals surface area contributed by atoms with E-state index in [1.165, 1.54) is 0 Å². The van der Waals surface area contributed by atoms with Gasteiger partial charge in [0.2, 0.25) is 0 Å². The number of carbonyl (C=O) groups excluding carboxylic acids is 1. The Hall–Kier alpha value is -3.59. The summed E-state index contributed by atoms with van der Waals surface area (Å²) in [4.78, 5) is 15.0. The Kier molecular flexibility index (Phi) is 3.65. The second kappa shape index (κ2) is 6.29. The lowest BCUT2D eigenvalue weighted by Crippen LogP contribution is -2.20. The van der Waals surface area contributed by atoms with Crippen molar-refractivity contribution in [3.05, 3.63) is 102 Å². The highest BCUT2D eigenvalue weighted by atomic mass is 16.5. The first kappa shape index (κ1) is 15.6. The number of rotatable bonds is 2. The Labute approximate surface area is 157 Å². The number of hydrogen-bond acceptors (Lipinski definition) is 2. The SMILES string of the molecule is O=C1/C(=C/C2=Cc3ccccc3OC2)c2ccccc2N1c1ccccc1. The molecule has 5 rings (SSSR count). The topological polar surface area (TPSA) is 29.5 Å². The van der Waals surface area contributed by atoms with E-state index in [4.69, 9.17) is 4.74 Å². The van der Waals surface area contributed by atoms with E-state index in [2.05, 4.69) is 6.08 Å². The number of ether oxygens (including phenoxy) is 1. The molecule has 0 spiro atoms. The molecular weight excluding hydrogens is 334 g/mol. The van der Waals surface area contributed by atoms with Crippen LogP contribution in [0, 0.1) is 0 Å². The molecule has 0 atom stereocenters. The summed E-state index contributed by atoms with van der Waals surface area (Å²) in [6.07, 6.45) is 4.05. The predicted molar refractivity (Wildman–Crippen MR) is 108 cm³/mol. The molecule has 2 aliphatic heterocycles. The van der Waals surface area contributed by atoms with Crippen molar-refractivity contribution in [3.8, 4) is 5.75 Å². The van der Waals surface area contributed by atoms with Gasteiger partial charge in [-0.25, -0.2) is 0 Å². The minimum Gasteiger partial charge on any atom is -0.488 e. The van der Waals surface area contributed by atoms with Gasteiger partial charge in [-0.3, -0.25) is 9.69 Å². The first-order valence-electron chi connectivity index (χ1n) is 8.94. The lowest BCUT2D eigenvalue weighted by molar-refractivity contribution is -0.112. The van der Waals surface area contributed by atoms with Gasteiger partial charge in [0.05, 0.1) is 11.3 Å². The molecule has 130 valence electrons. The predicted octanol–water partition coefficient (Wildman–Crippen LogP) is 5.22. The van der Waals surface area contributed by atoms with Crippen LogP contribution in [0.4, 0.5) is 11.4 Å². The fraction of sp³-hybridized carbons (Fsp3) is 0.0417. The van der Waals surface area contributed by atoms with E-state index in [0.29, 0.717) is 12.2 Å². The van der Waals surface area contributed by atoms with E-state index in [1.54, 1.807) is 4.90 Å². The summed E-state index contributed by atoms with van der Waals surface area (Å²) in [6.45, 7) is 0.460. The number of anilines is 2. The third-order valence-electron chi connectivity index (χ3n) is 4.87. The van der Waals surface area contributed by atoms with E-state index in [0.717, 1.165) is 33.8 Å². The highest BCUT2D eigenvalue weighted by molar-refractivity contribution is 6.35.